The number of aromatic nitrogens is 1. The lowest BCUT2D eigenvalue weighted by Crippen LogP contribution is -2.61. The van der Waals surface area contributed by atoms with Gasteiger partial charge in [-0.3, -0.25) is 0 Å². The Kier molecular flexibility index (Phi) is 7.20. The van der Waals surface area contributed by atoms with Crippen molar-refractivity contribution in [1.82, 2.24) is 9.88 Å². The molecule has 2 fully saturated rings. The van der Waals surface area contributed by atoms with Crippen LogP contribution in [0.4, 0.5) is 38.3 Å². The van der Waals surface area contributed by atoms with E-state index in [1.165, 1.54) is 6.07 Å². The molecule has 1 N–H and O–H groups in total. The van der Waals surface area contributed by atoms with Gasteiger partial charge in [-0.15, -0.1) is 0 Å². The van der Waals surface area contributed by atoms with Crippen LogP contribution in [0.1, 0.15) is 24.0 Å². The summed E-state index contributed by atoms with van der Waals surface area (Å²) in [4.78, 5) is 19.7. The molecular formula is C30H29F5N4O3. The smallest absolute Gasteiger partial charge is 0.417 e. The lowest BCUT2D eigenvalue weighted by molar-refractivity contribution is -0.185. The van der Waals surface area contributed by atoms with E-state index in [0.29, 0.717) is 49.1 Å². The van der Waals surface area contributed by atoms with Crippen molar-refractivity contribution in [2.24, 2.45) is 0 Å². The number of anilines is 2. The topological polar surface area (TPSA) is 66.9 Å². The summed E-state index contributed by atoms with van der Waals surface area (Å²) in [5.74, 6) is -2.43. The number of carbonyl (C=O) groups is 1. The lowest BCUT2D eigenvalue weighted by atomic mass is 9.79. The van der Waals surface area contributed by atoms with Crippen molar-refractivity contribution in [2.45, 2.75) is 37.0 Å². The number of benzene rings is 2. The third-order valence-electron chi connectivity index (χ3n) is 8.18. The Morgan fingerprint density at radius 1 is 0.905 bits per heavy atom. The number of nitrogens with one attached hydrogen (secondary N) is 1. The second kappa shape index (κ2) is 10.7. The summed E-state index contributed by atoms with van der Waals surface area (Å²) in [7, 11) is 0. The van der Waals surface area contributed by atoms with Gasteiger partial charge in [0.25, 0.3) is 5.92 Å². The minimum Gasteiger partial charge on any atom is -0.481 e. The van der Waals surface area contributed by atoms with Crippen LogP contribution in [0.3, 0.4) is 0 Å². The SMILES string of the molecule is O=C(Nc1ccc(-c2ccc3c(c2)CC(F)(F)C2(CCN(c4ccc(C(F)(F)F)cn4)CC2)O3)cc1)N1CCOCC1. The number of pyridine rings is 1. The molecule has 1 aromatic heterocycles. The fraction of sp³-hybridized carbons (Fsp3) is 0.400. The van der Waals surface area contributed by atoms with Crippen molar-refractivity contribution < 1.29 is 36.2 Å². The maximum absolute atomic E-state index is 15.7. The van der Waals surface area contributed by atoms with E-state index in [9.17, 15) is 18.0 Å². The molecule has 3 aliphatic heterocycles. The number of rotatable bonds is 3. The molecule has 7 nitrogen and oxygen atoms in total. The summed E-state index contributed by atoms with van der Waals surface area (Å²) in [5.41, 5.74) is 0.0258. The van der Waals surface area contributed by atoms with Crippen molar-refractivity contribution in [3.8, 4) is 16.9 Å². The zero-order valence-corrected chi connectivity index (χ0v) is 22.6. The summed E-state index contributed by atoms with van der Waals surface area (Å²) in [5, 5.41) is 2.87. The van der Waals surface area contributed by atoms with Crippen LogP contribution < -0.4 is 15.0 Å². The maximum atomic E-state index is 15.7. The van der Waals surface area contributed by atoms with E-state index in [1.807, 2.05) is 18.2 Å². The van der Waals surface area contributed by atoms with Crippen LogP contribution in [0.15, 0.2) is 60.8 Å². The fourth-order valence-corrected chi connectivity index (χ4v) is 5.70. The molecule has 12 heteroatoms. The van der Waals surface area contributed by atoms with Gasteiger partial charge in [0.05, 0.1) is 18.8 Å². The van der Waals surface area contributed by atoms with Crippen molar-refractivity contribution in [2.75, 3.05) is 49.6 Å². The number of carbonyl (C=O) groups excluding carboxylic acids is 1. The quantitative estimate of drug-likeness (QED) is 0.367. The Morgan fingerprint density at radius 3 is 2.24 bits per heavy atom. The maximum Gasteiger partial charge on any atom is 0.417 e. The van der Waals surface area contributed by atoms with Crippen molar-refractivity contribution in [3.05, 3.63) is 71.9 Å². The second-order valence-electron chi connectivity index (χ2n) is 10.8. The molecule has 0 unspecified atom stereocenters. The molecule has 0 aliphatic carbocycles. The van der Waals surface area contributed by atoms with Crippen LogP contribution in [-0.4, -0.2) is 66.8 Å². The van der Waals surface area contributed by atoms with Gasteiger partial charge in [0, 0.05) is 62.9 Å². The first kappa shape index (κ1) is 28.2. The van der Waals surface area contributed by atoms with Gasteiger partial charge in [-0.1, -0.05) is 18.2 Å². The van der Waals surface area contributed by atoms with Gasteiger partial charge in [-0.2, -0.15) is 13.2 Å². The third kappa shape index (κ3) is 5.47. The molecule has 6 rings (SSSR count). The molecule has 0 radical (unpaired) electrons. The van der Waals surface area contributed by atoms with Crippen LogP contribution in [-0.2, 0) is 17.3 Å². The van der Waals surface area contributed by atoms with Crippen LogP contribution in [0, 0.1) is 0 Å². The van der Waals surface area contributed by atoms with Crippen molar-refractivity contribution in [1.29, 1.82) is 0 Å². The Balaban J connectivity index is 1.12. The number of alkyl halides is 5. The molecule has 0 atom stereocenters. The highest BCUT2D eigenvalue weighted by molar-refractivity contribution is 5.89. The van der Waals surface area contributed by atoms with Gasteiger partial charge in [0.2, 0.25) is 0 Å². The van der Waals surface area contributed by atoms with Crippen LogP contribution in [0.5, 0.6) is 5.75 Å². The Morgan fingerprint density at radius 2 is 1.60 bits per heavy atom. The normalized spacial score (nSPS) is 19.6. The highest BCUT2D eigenvalue weighted by Gasteiger charge is 2.59. The molecule has 2 saturated heterocycles. The zero-order valence-electron chi connectivity index (χ0n) is 22.6. The number of nitrogens with zero attached hydrogens (tertiary/aromatic N) is 3. The number of morpholine rings is 1. The molecule has 1 spiro atoms. The Labute approximate surface area is 239 Å². The van der Waals surface area contributed by atoms with Crippen LogP contribution in [0.25, 0.3) is 11.1 Å². The molecule has 0 saturated carbocycles. The average molecular weight is 589 g/mol. The molecule has 2 aromatic carbocycles. The lowest BCUT2D eigenvalue weighted by Gasteiger charge is -2.48. The predicted molar refractivity (Wildman–Crippen MR) is 146 cm³/mol. The highest BCUT2D eigenvalue weighted by Crippen LogP contribution is 2.49. The van der Waals surface area contributed by atoms with Gasteiger partial charge in [-0.25, -0.2) is 18.6 Å². The van der Waals surface area contributed by atoms with E-state index in [0.717, 1.165) is 23.4 Å². The third-order valence-corrected chi connectivity index (χ3v) is 8.18. The Hall–Kier alpha value is -3.93. The van der Waals surface area contributed by atoms with Crippen LogP contribution >= 0.6 is 0 Å². The summed E-state index contributed by atoms with van der Waals surface area (Å²) < 4.78 is 81.2. The van der Waals surface area contributed by atoms with Crippen molar-refractivity contribution in [3.63, 3.8) is 0 Å². The number of halogens is 5. The molecular weight excluding hydrogens is 559 g/mol. The molecule has 42 heavy (non-hydrogen) atoms. The molecule has 3 aromatic rings. The van der Waals surface area contributed by atoms with E-state index in [2.05, 4.69) is 10.3 Å². The van der Waals surface area contributed by atoms with Crippen LogP contribution in [0.2, 0.25) is 0 Å². The summed E-state index contributed by atoms with van der Waals surface area (Å²) >= 11 is 0. The monoisotopic (exact) mass is 588 g/mol. The van der Waals surface area contributed by atoms with Gasteiger partial charge in [0.15, 0.2) is 5.60 Å². The number of hydrogen-bond donors (Lipinski definition) is 1. The molecule has 222 valence electrons. The van der Waals surface area contributed by atoms with Crippen molar-refractivity contribution >= 4 is 17.5 Å². The zero-order chi connectivity index (χ0) is 29.5. The number of amides is 2. The molecule has 4 heterocycles. The number of ether oxygens (including phenoxy) is 2. The molecule has 2 amide bonds. The number of urea groups is 1. The molecule has 3 aliphatic rings. The largest absolute Gasteiger partial charge is 0.481 e. The average Bonchev–Trinajstić information content (AvgIpc) is 2.98. The summed E-state index contributed by atoms with van der Waals surface area (Å²) in [6.45, 7) is 2.43. The van der Waals surface area contributed by atoms with E-state index < -0.39 is 29.7 Å². The van der Waals surface area contributed by atoms with Gasteiger partial charge >= 0.3 is 12.2 Å². The minimum atomic E-state index is -4.49. The number of hydrogen-bond acceptors (Lipinski definition) is 5. The van der Waals surface area contributed by atoms with E-state index in [1.54, 1.807) is 34.1 Å². The van der Waals surface area contributed by atoms with E-state index >= 15 is 8.78 Å². The second-order valence-corrected chi connectivity index (χ2v) is 10.8. The predicted octanol–water partition coefficient (Wildman–Crippen LogP) is 6.24. The minimum absolute atomic E-state index is 0.00152. The van der Waals surface area contributed by atoms with Gasteiger partial charge in [0.1, 0.15) is 11.6 Å². The summed E-state index contributed by atoms with van der Waals surface area (Å²) in [6.07, 6.45) is -4.22. The number of piperidine rings is 1. The Bertz CT molecular complexity index is 1430. The first-order chi connectivity index (χ1) is 20.0. The fourth-order valence-electron chi connectivity index (χ4n) is 5.70. The first-order valence-electron chi connectivity index (χ1n) is 13.8. The molecule has 0 bridgehead atoms. The standard InChI is InChI=1S/C30H29F5N4O3/c31-29(32)18-22-17-21(20-1-5-24(6-2-20)37-27(40)39-13-15-41-16-14-39)3-7-25(22)42-28(29)9-11-38(12-10-28)26-8-4-23(19-36-26)30(33,34)35/h1-8,17,19H,9-16,18H2,(H,37,40). The first-order valence-corrected chi connectivity index (χ1v) is 13.8. The van der Waals surface area contributed by atoms with Gasteiger partial charge < -0.3 is 24.6 Å². The van der Waals surface area contributed by atoms with Gasteiger partial charge in [-0.05, 0) is 47.5 Å². The highest BCUT2D eigenvalue weighted by atomic mass is 19.4. The van der Waals surface area contributed by atoms with E-state index in [-0.39, 0.29) is 32.0 Å². The number of fused-ring (bicyclic) bond motifs is 1. The summed E-state index contributed by atoms with van der Waals surface area (Å²) in [6, 6.07) is 14.4. The van der Waals surface area contributed by atoms with E-state index in [4.69, 9.17) is 9.47 Å².